The van der Waals surface area contributed by atoms with Gasteiger partial charge in [0.2, 0.25) is 0 Å². The number of hydrogen-bond donors (Lipinski definition) is 0. The lowest BCUT2D eigenvalue weighted by atomic mass is 9.99. The van der Waals surface area contributed by atoms with Crippen LogP contribution in [0.5, 0.6) is 0 Å². The molecule has 3 aromatic rings. The molecular formula is C28H30N4O5. The normalized spacial score (nSPS) is 23.6. The molecule has 0 bridgehead atoms. The fraction of sp³-hybridized carbons (Fsp3) is 0.357. The molecule has 2 aromatic carbocycles. The third-order valence-electron chi connectivity index (χ3n) is 6.17. The summed E-state index contributed by atoms with van der Waals surface area (Å²) in [5, 5.41) is 13.1. The highest BCUT2D eigenvalue weighted by atomic mass is 16.8. The molecule has 192 valence electrons. The van der Waals surface area contributed by atoms with E-state index in [1.807, 2.05) is 50.2 Å². The molecule has 2 heterocycles. The van der Waals surface area contributed by atoms with Gasteiger partial charge in [-0.1, -0.05) is 41.6 Å². The largest absolute Gasteiger partial charge is 0.376 e. The van der Waals surface area contributed by atoms with E-state index >= 15 is 0 Å². The van der Waals surface area contributed by atoms with Crippen molar-refractivity contribution >= 4 is 6.21 Å². The van der Waals surface area contributed by atoms with E-state index in [9.17, 15) is 0 Å². The van der Waals surface area contributed by atoms with Crippen LogP contribution in [0.15, 0.2) is 66.1 Å². The maximum atomic E-state index is 8.95. The summed E-state index contributed by atoms with van der Waals surface area (Å²) in [5.41, 5.74) is 4.16. The topological polar surface area (TPSA) is 108 Å². The summed E-state index contributed by atoms with van der Waals surface area (Å²) < 4.78 is 23.0. The molecule has 1 fully saturated rings. The first-order valence-electron chi connectivity index (χ1n) is 12.0. The van der Waals surface area contributed by atoms with E-state index in [2.05, 4.69) is 21.2 Å². The number of nitrogens with zero attached hydrogens (tertiary/aromatic N) is 4. The number of methoxy groups -OCH3 is 2. The summed E-state index contributed by atoms with van der Waals surface area (Å²) in [6.45, 7) is 4.34. The minimum Gasteiger partial charge on any atom is -0.376 e. The van der Waals surface area contributed by atoms with Gasteiger partial charge in [-0.2, -0.15) is 5.26 Å². The second kappa shape index (κ2) is 12.5. The van der Waals surface area contributed by atoms with Gasteiger partial charge < -0.3 is 23.8 Å². The van der Waals surface area contributed by atoms with E-state index in [1.54, 1.807) is 45.0 Å². The first-order valence-corrected chi connectivity index (χ1v) is 12.0. The van der Waals surface area contributed by atoms with Crippen molar-refractivity contribution in [3.8, 4) is 28.6 Å². The average Bonchev–Trinajstić information content (AvgIpc) is 2.94. The molecule has 9 nitrogen and oxygen atoms in total. The monoisotopic (exact) mass is 502 g/mol. The SMILES string of the molecule is CCO[C@@H]1[C@@H](OC)[C@H](C)O[C@@H](O/N=C/c2ccc(-c3ncc(-c4ccc(C#N)cc4)cn3)cc2)[C@@H]1OC. The maximum Gasteiger partial charge on any atom is 0.256 e. The van der Waals surface area contributed by atoms with Crippen LogP contribution in [-0.2, 0) is 23.8 Å². The van der Waals surface area contributed by atoms with E-state index in [1.165, 1.54) is 0 Å². The summed E-state index contributed by atoms with van der Waals surface area (Å²) in [6, 6.07) is 17.1. The van der Waals surface area contributed by atoms with Crippen LogP contribution in [0.4, 0.5) is 0 Å². The summed E-state index contributed by atoms with van der Waals surface area (Å²) in [5.74, 6) is 0.610. The molecule has 1 aromatic heterocycles. The van der Waals surface area contributed by atoms with Gasteiger partial charge in [0.25, 0.3) is 6.29 Å². The van der Waals surface area contributed by atoms with Crippen LogP contribution < -0.4 is 0 Å². The molecule has 0 aliphatic carbocycles. The number of benzene rings is 2. The Kier molecular flexibility index (Phi) is 8.93. The van der Waals surface area contributed by atoms with Crippen molar-refractivity contribution in [3.63, 3.8) is 0 Å². The van der Waals surface area contributed by atoms with Crippen LogP contribution >= 0.6 is 0 Å². The van der Waals surface area contributed by atoms with Gasteiger partial charge in [0.05, 0.1) is 24.0 Å². The van der Waals surface area contributed by atoms with E-state index < -0.39 is 12.4 Å². The molecule has 1 saturated heterocycles. The molecule has 4 rings (SSSR count). The zero-order chi connectivity index (χ0) is 26.2. The third kappa shape index (κ3) is 6.18. The molecule has 0 amide bonds. The Balaban J connectivity index is 1.39. The quantitative estimate of drug-likeness (QED) is 0.316. The maximum absolute atomic E-state index is 8.95. The van der Waals surface area contributed by atoms with Crippen molar-refractivity contribution < 1.29 is 23.8 Å². The van der Waals surface area contributed by atoms with Crippen LogP contribution in [0.3, 0.4) is 0 Å². The Morgan fingerprint density at radius 2 is 1.57 bits per heavy atom. The molecule has 0 radical (unpaired) electrons. The molecule has 1 aliphatic rings. The Bertz CT molecular complexity index is 1210. The molecule has 9 heteroatoms. The van der Waals surface area contributed by atoms with Gasteiger partial charge in [0, 0.05) is 44.3 Å². The van der Waals surface area contributed by atoms with Gasteiger partial charge in [-0.25, -0.2) is 9.97 Å². The van der Waals surface area contributed by atoms with E-state index in [0.29, 0.717) is 18.0 Å². The number of ether oxygens (including phenoxy) is 4. The van der Waals surface area contributed by atoms with Crippen LogP contribution in [0.25, 0.3) is 22.5 Å². The highest BCUT2D eigenvalue weighted by Crippen LogP contribution is 2.28. The minimum atomic E-state index is -0.735. The van der Waals surface area contributed by atoms with E-state index in [0.717, 1.165) is 22.3 Å². The average molecular weight is 503 g/mol. The van der Waals surface area contributed by atoms with Gasteiger partial charge in [0.1, 0.15) is 12.2 Å². The van der Waals surface area contributed by atoms with Gasteiger partial charge in [0.15, 0.2) is 11.9 Å². The van der Waals surface area contributed by atoms with Crippen molar-refractivity contribution in [1.29, 1.82) is 5.26 Å². The smallest absolute Gasteiger partial charge is 0.256 e. The van der Waals surface area contributed by atoms with Gasteiger partial charge in [-0.15, -0.1) is 0 Å². The first-order chi connectivity index (χ1) is 18.1. The molecule has 37 heavy (non-hydrogen) atoms. The Morgan fingerprint density at radius 3 is 2.16 bits per heavy atom. The summed E-state index contributed by atoms with van der Waals surface area (Å²) >= 11 is 0. The fourth-order valence-electron chi connectivity index (χ4n) is 4.25. The summed E-state index contributed by atoms with van der Waals surface area (Å²) in [7, 11) is 3.21. The number of oxime groups is 1. The van der Waals surface area contributed by atoms with Crippen molar-refractivity contribution in [1.82, 2.24) is 9.97 Å². The molecule has 0 spiro atoms. The minimum absolute atomic E-state index is 0.254. The molecule has 0 N–H and O–H groups in total. The van der Waals surface area contributed by atoms with Crippen molar-refractivity contribution in [2.45, 2.75) is 44.6 Å². The predicted molar refractivity (Wildman–Crippen MR) is 138 cm³/mol. The molecule has 0 unspecified atom stereocenters. The van der Waals surface area contributed by atoms with E-state index in [-0.39, 0.29) is 18.3 Å². The van der Waals surface area contributed by atoms with Gasteiger partial charge >= 0.3 is 0 Å². The van der Waals surface area contributed by atoms with Crippen LogP contribution in [0.1, 0.15) is 25.0 Å². The predicted octanol–water partition coefficient (Wildman–Crippen LogP) is 4.21. The number of rotatable bonds is 9. The zero-order valence-corrected chi connectivity index (χ0v) is 21.3. The zero-order valence-electron chi connectivity index (χ0n) is 21.3. The lowest BCUT2D eigenvalue weighted by Crippen LogP contribution is -2.59. The Morgan fingerprint density at radius 1 is 0.919 bits per heavy atom. The Labute approximate surface area is 216 Å². The molecule has 1 aliphatic heterocycles. The van der Waals surface area contributed by atoms with Crippen LogP contribution in [-0.4, -0.2) is 67.7 Å². The standard InChI is InChI=1S/C28H30N4O5/c1-5-35-25-24(33-3)18(2)36-28(26(25)34-4)37-32-15-20-8-12-22(13-9-20)27-30-16-23(17-31-27)21-10-6-19(14-29)7-11-21/h6-13,15-18,24-26,28H,5H2,1-4H3/b32-15+/t18-,24-,25+,26+,28-/m0/s1. The van der Waals surface area contributed by atoms with E-state index in [4.69, 9.17) is 29.0 Å². The fourth-order valence-corrected chi connectivity index (χ4v) is 4.25. The van der Waals surface area contributed by atoms with Crippen LogP contribution in [0, 0.1) is 11.3 Å². The van der Waals surface area contributed by atoms with Crippen molar-refractivity contribution in [2.75, 3.05) is 20.8 Å². The molecular weight excluding hydrogens is 472 g/mol. The highest BCUT2D eigenvalue weighted by Gasteiger charge is 2.47. The summed E-state index contributed by atoms with van der Waals surface area (Å²) in [4.78, 5) is 14.6. The van der Waals surface area contributed by atoms with Crippen molar-refractivity contribution in [2.24, 2.45) is 5.16 Å². The van der Waals surface area contributed by atoms with Crippen LogP contribution in [0.2, 0.25) is 0 Å². The third-order valence-corrected chi connectivity index (χ3v) is 6.17. The highest BCUT2D eigenvalue weighted by molar-refractivity contribution is 5.80. The number of nitriles is 1. The molecule has 5 atom stereocenters. The Hall–Kier alpha value is -3.68. The number of hydrogen-bond acceptors (Lipinski definition) is 9. The second-order valence-electron chi connectivity index (χ2n) is 8.48. The lowest BCUT2D eigenvalue weighted by Gasteiger charge is -2.42. The first kappa shape index (κ1) is 26.4. The number of aromatic nitrogens is 2. The molecule has 0 saturated carbocycles. The van der Waals surface area contributed by atoms with Gasteiger partial charge in [-0.05, 0) is 37.1 Å². The summed E-state index contributed by atoms with van der Waals surface area (Å²) in [6.07, 6.45) is 3.05. The second-order valence-corrected chi connectivity index (χ2v) is 8.48. The van der Waals surface area contributed by atoms with Crippen molar-refractivity contribution in [3.05, 3.63) is 72.1 Å². The van der Waals surface area contributed by atoms with Gasteiger partial charge in [-0.3, -0.25) is 0 Å². The lowest BCUT2D eigenvalue weighted by molar-refractivity contribution is -0.308.